The Morgan fingerprint density at radius 1 is 1.29 bits per heavy atom. The highest BCUT2D eigenvalue weighted by atomic mass is 16.5. The molecular weight excluding hydrogens is 220 g/mol. The second-order valence-electron chi connectivity index (χ2n) is 3.29. The Balaban J connectivity index is 2.48. The minimum Gasteiger partial charge on any atom is -0.481 e. The number of carboxylic acid groups (broad SMARTS) is 1. The molecule has 0 radical (unpaired) electrons. The van der Waals surface area contributed by atoms with Gasteiger partial charge in [0.2, 0.25) is 5.88 Å². The largest absolute Gasteiger partial charge is 0.481 e. The summed E-state index contributed by atoms with van der Waals surface area (Å²) in [6.07, 6.45) is 3.01. The van der Waals surface area contributed by atoms with Gasteiger partial charge in [0.15, 0.2) is 5.69 Å². The molecule has 0 aliphatic heterocycles. The van der Waals surface area contributed by atoms with E-state index in [-0.39, 0.29) is 5.69 Å². The molecule has 0 atom stereocenters. The summed E-state index contributed by atoms with van der Waals surface area (Å²) in [7, 11) is 1.52. The molecule has 0 unspecified atom stereocenters. The number of pyridine rings is 2. The molecule has 2 heterocycles. The topological polar surface area (TPSA) is 72.3 Å². The third-order valence-electron chi connectivity index (χ3n) is 2.27. The second kappa shape index (κ2) is 4.61. The van der Waals surface area contributed by atoms with Crippen LogP contribution in [0.25, 0.3) is 11.1 Å². The minimum absolute atomic E-state index is 0.0134. The number of carbonyl (C=O) groups is 1. The highest BCUT2D eigenvalue weighted by Gasteiger charge is 2.12. The van der Waals surface area contributed by atoms with Crippen molar-refractivity contribution in [3.05, 3.63) is 42.4 Å². The molecule has 2 rings (SSSR count). The van der Waals surface area contributed by atoms with E-state index in [0.29, 0.717) is 17.0 Å². The van der Waals surface area contributed by atoms with Gasteiger partial charge in [-0.15, -0.1) is 0 Å². The predicted octanol–water partition coefficient (Wildman–Crippen LogP) is 1.85. The minimum atomic E-state index is -1.06. The summed E-state index contributed by atoms with van der Waals surface area (Å²) in [5.41, 5.74) is 1.24. The molecule has 1 N–H and O–H groups in total. The maximum absolute atomic E-state index is 11.0. The van der Waals surface area contributed by atoms with Crippen molar-refractivity contribution in [2.24, 2.45) is 0 Å². The zero-order valence-corrected chi connectivity index (χ0v) is 9.12. The normalized spacial score (nSPS) is 9.94. The molecule has 0 aromatic carbocycles. The lowest BCUT2D eigenvalue weighted by atomic mass is 10.1. The van der Waals surface area contributed by atoms with Crippen LogP contribution >= 0.6 is 0 Å². The monoisotopic (exact) mass is 230 g/mol. The fraction of sp³-hybridized carbons (Fsp3) is 0.0833. The first-order chi connectivity index (χ1) is 8.22. The molecule has 5 heteroatoms. The van der Waals surface area contributed by atoms with E-state index in [2.05, 4.69) is 9.97 Å². The third kappa shape index (κ3) is 2.23. The molecule has 17 heavy (non-hydrogen) atoms. The molecule has 0 spiro atoms. The van der Waals surface area contributed by atoms with Gasteiger partial charge in [-0.25, -0.2) is 14.8 Å². The quantitative estimate of drug-likeness (QED) is 0.871. The average Bonchev–Trinajstić information content (AvgIpc) is 2.39. The Morgan fingerprint density at radius 2 is 2.12 bits per heavy atom. The van der Waals surface area contributed by atoms with E-state index >= 15 is 0 Å². The summed E-state index contributed by atoms with van der Waals surface area (Å²) in [4.78, 5) is 18.9. The first-order valence-corrected chi connectivity index (χ1v) is 4.91. The van der Waals surface area contributed by atoms with Gasteiger partial charge in [-0.1, -0.05) is 6.07 Å². The number of aromatic nitrogens is 2. The van der Waals surface area contributed by atoms with Gasteiger partial charge in [0, 0.05) is 29.6 Å². The van der Waals surface area contributed by atoms with Gasteiger partial charge in [-0.05, 0) is 12.1 Å². The van der Waals surface area contributed by atoms with Crippen LogP contribution in [0, 0.1) is 0 Å². The molecule has 5 nitrogen and oxygen atoms in total. The van der Waals surface area contributed by atoms with Gasteiger partial charge in [-0.2, -0.15) is 0 Å². The average molecular weight is 230 g/mol. The van der Waals surface area contributed by atoms with Crippen LogP contribution in [-0.4, -0.2) is 28.2 Å². The molecule has 0 fully saturated rings. The van der Waals surface area contributed by atoms with Crippen molar-refractivity contribution >= 4 is 5.97 Å². The van der Waals surface area contributed by atoms with E-state index in [1.165, 1.54) is 13.3 Å². The smallest absolute Gasteiger partial charge is 0.355 e. The number of methoxy groups -OCH3 is 1. The Hall–Kier alpha value is -2.43. The van der Waals surface area contributed by atoms with Gasteiger partial charge in [0.05, 0.1) is 7.11 Å². The van der Waals surface area contributed by atoms with Crippen molar-refractivity contribution < 1.29 is 14.6 Å². The Bertz CT molecular complexity index is 538. The van der Waals surface area contributed by atoms with Crippen LogP contribution in [0.4, 0.5) is 0 Å². The molecule has 0 aliphatic rings. The summed E-state index contributed by atoms with van der Waals surface area (Å²) in [5.74, 6) is -0.578. The highest BCUT2D eigenvalue weighted by molar-refractivity contribution is 5.93. The molecule has 0 bridgehead atoms. The molecule has 0 saturated carbocycles. The molecule has 2 aromatic rings. The molecule has 0 aliphatic carbocycles. The van der Waals surface area contributed by atoms with Gasteiger partial charge in [-0.3, -0.25) is 0 Å². The number of rotatable bonds is 3. The van der Waals surface area contributed by atoms with Gasteiger partial charge in [0.1, 0.15) is 0 Å². The highest BCUT2D eigenvalue weighted by Crippen LogP contribution is 2.22. The van der Waals surface area contributed by atoms with Crippen molar-refractivity contribution in [2.75, 3.05) is 7.11 Å². The standard InChI is InChI=1S/C12H10N2O3/c1-17-10-5-4-8(7-14-10)9-3-2-6-13-11(9)12(15)16/h2-7H,1H3,(H,15,16). The van der Waals surface area contributed by atoms with Crippen LogP contribution in [0.1, 0.15) is 10.5 Å². The predicted molar refractivity (Wildman–Crippen MR) is 61.0 cm³/mol. The number of carboxylic acids is 1. The van der Waals surface area contributed by atoms with Crippen LogP contribution in [-0.2, 0) is 0 Å². The SMILES string of the molecule is COc1ccc(-c2cccnc2C(=O)O)cn1. The number of nitrogens with zero attached hydrogens (tertiary/aromatic N) is 2. The lowest BCUT2D eigenvalue weighted by Crippen LogP contribution is -2.02. The van der Waals surface area contributed by atoms with E-state index in [4.69, 9.17) is 9.84 Å². The van der Waals surface area contributed by atoms with E-state index in [1.807, 2.05) is 0 Å². The van der Waals surface area contributed by atoms with Gasteiger partial charge < -0.3 is 9.84 Å². The summed E-state index contributed by atoms with van der Waals surface area (Å²) < 4.78 is 4.94. The summed E-state index contributed by atoms with van der Waals surface area (Å²) in [5, 5.41) is 9.02. The van der Waals surface area contributed by atoms with E-state index < -0.39 is 5.97 Å². The van der Waals surface area contributed by atoms with Crippen LogP contribution in [0.3, 0.4) is 0 Å². The number of ether oxygens (including phenoxy) is 1. The van der Waals surface area contributed by atoms with Crippen molar-refractivity contribution in [1.82, 2.24) is 9.97 Å². The van der Waals surface area contributed by atoms with Crippen molar-refractivity contribution in [3.8, 4) is 17.0 Å². The van der Waals surface area contributed by atoms with Gasteiger partial charge >= 0.3 is 5.97 Å². The van der Waals surface area contributed by atoms with Crippen LogP contribution in [0.15, 0.2) is 36.7 Å². The van der Waals surface area contributed by atoms with Crippen LogP contribution in [0.2, 0.25) is 0 Å². The molecule has 86 valence electrons. The van der Waals surface area contributed by atoms with Crippen molar-refractivity contribution in [3.63, 3.8) is 0 Å². The number of hydrogen-bond acceptors (Lipinski definition) is 4. The molecule has 0 amide bonds. The first-order valence-electron chi connectivity index (χ1n) is 4.91. The number of aromatic carboxylic acids is 1. The first kappa shape index (κ1) is 11.1. The maximum Gasteiger partial charge on any atom is 0.355 e. The Morgan fingerprint density at radius 3 is 2.71 bits per heavy atom. The second-order valence-corrected chi connectivity index (χ2v) is 3.29. The fourth-order valence-corrected chi connectivity index (χ4v) is 1.47. The van der Waals surface area contributed by atoms with E-state index in [9.17, 15) is 4.79 Å². The molecule has 0 saturated heterocycles. The zero-order valence-electron chi connectivity index (χ0n) is 9.12. The van der Waals surface area contributed by atoms with Crippen LogP contribution in [0.5, 0.6) is 5.88 Å². The zero-order chi connectivity index (χ0) is 12.3. The summed E-state index contributed by atoms with van der Waals surface area (Å²) >= 11 is 0. The van der Waals surface area contributed by atoms with Crippen LogP contribution < -0.4 is 4.74 Å². The number of hydrogen-bond donors (Lipinski definition) is 1. The molecule has 2 aromatic heterocycles. The summed E-state index contributed by atoms with van der Waals surface area (Å²) in [6, 6.07) is 6.80. The van der Waals surface area contributed by atoms with Gasteiger partial charge in [0.25, 0.3) is 0 Å². The maximum atomic E-state index is 11.0. The Kier molecular flexibility index (Phi) is 3.00. The fourth-order valence-electron chi connectivity index (χ4n) is 1.47. The lowest BCUT2D eigenvalue weighted by molar-refractivity contribution is 0.0691. The summed E-state index contributed by atoms with van der Waals surface area (Å²) in [6.45, 7) is 0. The van der Waals surface area contributed by atoms with Crippen molar-refractivity contribution in [1.29, 1.82) is 0 Å². The Labute approximate surface area is 97.7 Å². The van der Waals surface area contributed by atoms with Crippen molar-refractivity contribution in [2.45, 2.75) is 0 Å². The van der Waals surface area contributed by atoms with E-state index in [0.717, 1.165) is 0 Å². The lowest BCUT2D eigenvalue weighted by Gasteiger charge is -2.05. The van der Waals surface area contributed by atoms with E-state index in [1.54, 1.807) is 30.5 Å². The molecular formula is C12H10N2O3. The third-order valence-corrected chi connectivity index (χ3v) is 2.27.